The normalized spacial score (nSPS) is 26.7. The van der Waals surface area contributed by atoms with E-state index in [4.69, 9.17) is 0 Å². The average molecular weight is 205 g/mol. The largest absolute Gasteiger partial charge is 0.385 e. The number of aliphatic hydroxyl groups excluding tert-OH is 1. The second-order valence-corrected chi connectivity index (χ2v) is 4.19. The van der Waals surface area contributed by atoms with Crippen molar-refractivity contribution in [3.63, 3.8) is 0 Å². The van der Waals surface area contributed by atoms with Gasteiger partial charge in [0.15, 0.2) is 5.78 Å². The first-order chi connectivity index (χ1) is 7.16. The number of nitrogens with zero attached hydrogens (tertiary/aromatic N) is 1. The number of rotatable bonds is 1. The summed E-state index contributed by atoms with van der Waals surface area (Å²) in [5, 5.41) is 9.49. The molecule has 1 fully saturated rings. The number of aliphatic hydroxyl groups is 1. The molecule has 1 N–H and O–H groups in total. The number of ketones is 1. The Morgan fingerprint density at radius 1 is 1.47 bits per heavy atom. The van der Waals surface area contributed by atoms with Crippen molar-refractivity contribution in [2.24, 2.45) is 0 Å². The molecule has 2 atom stereocenters. The zero-order chi connectivity index (χ0) is 10.8. The molecule has 1 heterocycles. The van der Waals surface area contributed by atoms with Gasteiger partial charge >= 0.3 is 0 Å². The van der Waals surface area contributed by atoms with Crippen LogP contribution in [0.25, 0.3) is 0 Å². The highest BCUT2D eigenvalue weighted by atomic mass is 16.3. The van der Waals surface area contributed by atoms with Crippen molar-refractivity contribution >= 4 is 5.78 Å². The minimum Gasteiger partial charge on any atom is -0.385 e. The van der Waals surface area contributed by atoms with E-state index < -0.39 is 6.10 Å². The van der Waals surface area contributed by atoms with Gasteiger partial charge in [-0.25, -0.2) is 0 Å². The Bertz CT molecular complexity index is 358. The fraction of sp³-hybridized carbons (Fsp3) is 0.500. The molecule has 2 rings (SSSR count). The van der Waals surface area contributed by atoms with Gasteiger partial charge in [-0.05, 0) is 37.3 Å². The van der Waals surface area contributed by atoms with Crippen molar-refractivity contribution in [3.05, 3.63) is 29.6 Å². The van der Waals surface area contributed by atoms with Crippen molar-refractivity contribution in [2.45, 2.75) is 38.2 Å². The van der Waals surface area contributed by atoms with E-state index in [-0.39, 0.29) is 11.7 Å². The van der Waals surface area contributed by atoms with E-state index in [9.17, 15) is 9.90 Å². The van der Waals surface area contributed by atoms with E-state index in [0.717, 1.165) is 17.7 Å². The van der Waals surface area contributed by atoms with Crippen molar-refractivity contribution in [1.82, 2.24) is 4.98 Å². The number of carbonyl (C=O) groups is 1. The maximum absolute atomic E-state index is 11.2. The van der Waals surface area contributed by atoms with Gasteiger partial charge in [-0.1, -0.05) is 6.07 Å². The Morgan fingerprint density at radius 3 is 2.87 bits per heavy atom. The van der Waals surface area contributed by atoms with Crippen molar-refractivity contribution in [3.8, 4) is 0 Å². The Kier molecular flexibility index (Phi) is 2.82. The third-order valence-electron chi connectivity index (χ3n) is 3.02. The number of carbonyl (C=O) groups excluding carboxylic acids is 1. The molecule has 0 radical (unpaired) electrons. The van der Waals surface area contributed by atoms with Gasteiger partial charge in [0.2, 0.25) is 0 Å². The first-order valence-corrected chi connectivity index (χ1v) is 5.30. The summed E-state index contributed by atoms with van der Waals surface area (Å²) in [6.45, 7) is 1.95. The van der Waals surface area contributed by atoms with Crippen LogP contribution in [-0.4, -0.2) is 22.0 Å². The lowest BCUT2D eigenvalue weighted by molar-refractivity contribution is -0.129. The molecule has 1 saturated carbocycles. The van der Waals surface area contributed by atoms with E-state index in [1.54, 1.807) is 0 Å². The highest BCUT2D eigenvalue weighted by molar-refractivity contribution is 5.83. The number of aromatic nitrogens is 1. The van der Waals surface area contributed by atoms with Gasteiger partial charge in [0, 0.05) is 18.3 Å². The summed E-state index contributed by atoms with van der Waals surface area (Å²) in [6, 6.07) is 4.01. The standard InChI is InChI=1S/C12H15NO2/c1-8-2-3-10(7-13-8)9-4-5-11(14)12(15)6-9/h2-3,7,9,12,15H,4-6H2,1H3. The molecule has 15 heavy (non-hydrogen) atoms. The van der Waals surface area contributed by atoms with E-state index >= 15 is 0 Å². The summed E-state index contributed by atoms with van der Waals surface area (Å²) in [5.41, 5.74) is 2.12. The monoisotopic (exact) mass is 205 g/mol. The van der Waals surface area contributed by atoms with Crippen LogP contribution in [0.5, 0.6) is 0 Å². The maximum atomic E-state index is 11.2. The molecule has 3 heteroatoms. The lowest BCUT2D eigenvalue weighted by Crippen LogP contribution is -2.28. The van der Waals surface area contributed by atoms with E-state index in [0.29, 0.717) is 12.8 Å². The number of pyridine rings is 1. The van der Waals surface area contributed by atoms with E-state index in [1.165, 1.54) is 0 Å². The molecule has 0 aliphatic heterocycles. The second kappa shape index (κ2) is 4.11. The van der Waals surface area contributed by atoms with E-state index in [2.05, 4.69) is 4.98 Å². The van der Waals surface area contributed by atoms with Crippen LogP contribution in [0.1, 0.15) is 36.4 Å². The van der Waals surface area contributed by atoms with Crippen LogP contribution in [0.15, 0.2) is 18.3 Å². The lowest BCUT2D eigenvalue weighted by atomic mass is 9.82. The highest BCUT2D eigenvalue weighted by Crippen LogP contribution is 2.30. The summed E-state index contributed by atoms with van der Waals surface area (Å²) >= 11 is 0. The quantitative estimate of drug-likeness (QED) is 0.757. The topological polar surface area (TPSA) is 50.2 Å². The van der Waals surface area contributed by atoms with Gasteiger partial charge in [0.05, 0.1) is 0 Å². The van der Waals surface area contributed by atoms with Gasteiger partial charge in [0.1, 0.15) is 6.10 Å². The van der Waals surface area contributed by atoms with Gasteiger partial charge in [-0.3, -0.25) is 9.78 Å². The molecule has 0 amide bonds. The molecule has 0 saturated heterocycles. The molecule has 0 bridgehead atoms. The van der Waals surface area contributed by atoms with E-state index in [1.807, 2.05) is 25.3 Å². The third kappa shape index (κ3) is 2.23. The molecule has 2 unspecified atom stereocenters. The molecule has 1 aromatic rings. The third-order valence-corrected chi connectivity index (χ3v) is 3.02. The van der Waals surface area contributed by atoms with Crippen LogP contribution in [0.2, 0.25) is 0 Å². The van der Waals surface area contributed by atoms with Gasteiger partial charge in [0.25, 0.3) is 0 Å². The van der Waals surface area contributed by atoms with Gasteiger partial charge in [-0.15, -0.1) is 0 Å². The predicted octanol–water partition coefficient (Wildman–Crippen LogP) is 1.59. The van der Waals surface area contributed by atoms with Crippen molar-refractivity contribution in [1.29, 1.82) is 0 Å². The highest BCUT2D eigenvalue weighted by Gasteiger charge is 2.27. The number of Topliss-reactive ketones (excluding diaryl/α,β-unsaturated/α-hetero) is 1. The predicted molar refractivity (Wildman–Crippen MR) is 56.6 cm³/mol. The molecule has 1 aliphatic rings. The molecule has 80 valence electrons. The van der Waals surface area contributed by atoms with Crippen molar-refractivity contribution < 1.29 is 9.90 Å². The Morgan fingerprint density at radius 2 is 2.27 bits per heavy atom. The molecular formula is C12H15NO2. The first-order valence-electron chi connectivity index (χ1n) is 5.30. The van der Waals surface area contributed by atoms with Gasteiger partial charge in [-0.2, -0.15) is 0 Å². The molecule has 1 aliphatic carbocycles. The number of hydrogen-bond donors (Lipinski definition) is 1. The fourth-order valence-corrected chi connectivity index (χ4v) is 2.03. The summed E-state index contributed by atoms with van der Waals surface area (Å²) in [5.74, 6) is 0.261. The fourth-order valence-electron chi connectivity index (χ4n) is 2.03. The molecule has 3 nitrogen and oxygen atoms in total. The zero-order valence-electron chi connectivity index (χ0n) is 8.81. The van der Waals surface area contributed by atoms with Crippen LogP contribution in [0.4, 0.5) is 0 Å². The summed E-state index contributed by atoms with van der Waals surface area (Å²) in [4.78, 5) is 15.4. The van der Waals surface area contributed by atoms with Crippen LogP contribution in [0.3, 0.4) is 0 Å². The average Bonchev–Trinajstić information content (AvgIpc) is 2.23. The maximum Gasteiger partial charge on any atom is 0.161 e. The summed E-state index contributed by atoms with van der Waals surface area (Å²) in [6.07, 6.45) is 2.94. The van der Waals surface area contributed by atoms with Crippen LogP contribution in [-0.2, 0) is 4.79 Å². The molecule has 0 aromatic carbocycles. The minimum absolute atomic E-state index is 0.0219. The first kappa shape index (κ1) is 10.3. The smallest absolute Gasteiger partial charge is 0.161 e. The zero-order valence-corrected chi connectivity index (χ0v) is 8.81. The second-order valence-electron chi connectivity index (χ2n) is 4.19. The molecule has 0 spiro atoms. The number of hydrogen-bond acceptors (Lipinski definition) is 3. The Labute approximate surface area is 89.2 Å². The number of aryl methyl sites for hydroxylation is 1. The molecular weight excluding hydrogens is 190 g/mol. The summed E-state index contributed by atoms with van der Waals surface area (Å²) in [7, 11) is 0. The van der Waals surface area contributed by atoms with Gasteiger partial charge < -0.3 is 5.11 Å². The SMILES string of the molecule is Cc1ccc(C2CCC(=O)C(O)C2)cn1. The Hall–Kier alpha value is -1.22. The summed E-state index contributed by atoms with van der Waals surface area (Å²) < 4.78 is 0. The van der Waals surface area contributed by atoms with Crippen LogP contribution < -0.4 is 0 Å². The van der Waals surface area contributed by atoms with Crippen LogP contribution in [0, 0.1) is 6.92 Å². The lowest BCUT2D eigenvalue weighted by Gasteiger charge is -2.24. The minimum atomic E-state index is -0.773. The van der Waals surface area contributed by atoms with Crippen molar-refractivity contribution in [2.75, 3.05) is 0 Å². The Balaban J connectivity index is 2.12. The van der Waals surface area contributed by atoms with Crippen LogP contribution >= 0.6 is 0 Å². The molecule has 1 aromatic heterocycles.